The second-order valence-corrected chi connectivity index (χ2v) is 6.54. The van der Waals surface area contributed by atoms with Gasteiger partial charge in [-0.05, 0) is 20.8 Å². The van der Waals surface area contributed by atoms with Gasteiger partial charge in [0.25, 0.3) is 10.0 Å². The minimum absolute atomic E-state index is 0.0766. The van der Waals surface area contributed by atoms with Crippen molar-refractivity contribution in [2.45, 2.75) is 44.8 Å². The number of sulfonamides is 1. The molecule has 0 atom stereocenters. The molecule has 0 saturated heterocycles. The van der Waals surface area contributed by atoms with Crippen molar-refractivity contribution in [3.63, 3.8) is 0 Å². The molecule has 0 bridgehead atoms. The monoisotopic (exact) mass is 274 g/mol. The first-order valence-electron chi connectivity index (χ1n) is 6.04. The van der Waals surface area contributed by atoms with E-state index in [1.54, 1.807) is 17.7 Å². The van der Waals surface area contributed by atoms with Crippen molar-refractivity contribution in [2.75, 3.05) is 13.1 Å². The highest BCUT2D eigenvalue weighted by molar-refractivity contribution is 7.89. The number of aromatic nitrogens is 2. The molecule has 7 heteroatoms. The van der Waals surface area contributed by atoms with Gasteiger partial charge >= 0.3 is 0 Å². The lowest BCUT2D eigenvalue weighted by Crippen LogP contribution is -2.52. The summed E-state index contributed by atoms with van der Waals surface area (Å²) < 4.78 is 28.1. The van der Waals surface area contributed by atoms with Crippen LogP contribution in [0.1, 0.15) is 27.7 Å². The Morgan fingerprint density at radius 2 is 2.06 bits per heavy atom. The van der Waals surface area contributed by atoms with Crippen LogP contribution < -0.4 is 5.73 Å². The molecule has 104 valence electrons. The Labute approximate surface area is 109 Å². The van der Waals surface area contributed by atoms with Crippen molar-refractivity contribution in [3.05, 3.63) is 12.5 Å². The van der Waals surface area contributed by atoms with Crippen LogP contribution in [0.2, 0.25) is 0 Å². The van der Waals surface area contributed by atoms with Crippen molar-refractivity contribution in [2.24, 2.45) is 5.73 Å². The third-order valence-electron chi connectivity index (χ3n) is 2.99. The van der Waals surface area contributed by atoms with Gasteiger partial charge in [0.05, 0.1) is 6.33 Å². The molecule has 0 spiro atoms. The molecule has 0 radical (unpaired) electrons. The van der Waals surface area contributed by atoms with Crippen LogP contribution in [0.5, 0.6) is 0 Å². The van der Waals surface area contributed by atoms with Gasteiger partial charge in [0.1, 0.15) is 0 Å². The van der Waals surface area contributed by atoms with Gasteiger partial charge in [0.2, 0.25) is 0 Å². The van der Waals surface area contributed by atoms with E-state index < -0.39 is 15.6 Å². The van der Waals surface area contributed by atoms with Gasteiger partial charge in [-0.2, -0.15) is 4.31 Å². The molecule has 0 amide bonds. The number of hydrogen-bond acceptors (Lipinski definition) is 4. The molecule has 0 fully saturated rings. The summed E-state index contributed by atoms with van der Waals surface area (Å²) in [5.41, 5.74) is 5.04. The van der Waals surface area contributed by atoms with Gasteiger partial charge in [-0.1, -0.05) is 6.92 Å². The second-order valence-electron chi connectivity index (χ2n) is 4.73. The van der Waals surface area contributed by atoms with Gasteiger partial charge in [-0.15, -0.1) is 0 Å². The fourth-order valence-electron chi connectivity index (χ4n) is 1.78. The molecular formula is C11H22N4O2S. The Bertz CT molecular complexity index is 493. The topological polar surface area (TPSA) is 81.2 Å². The quantitative estimate of drug-likeness (QED) is 0.826. The molecule has 0 aromatic carbocycles. The third-order valence-corrected chi connectivity index (χ3v) is 5.06. The molecule has 0 aliphatic rings. The lowest BCUT2D eigenvalue weighted by molar-refractivity contribution is 0.243. The maximum atomic E-state index is 12.5. The molecular weight excluding hydrogens is 252 g/mol. The van der Waals surface area contributed by atoms with E-state index in [2.05, 4.69) is 4.98 Å². The van der Waals surface area contributed by atoms with Crippen LogP contribution >= 0.6 is 0 Å². The summed E-state index contributed by atoms with van der Waals surface area (Å²) in [4.78, 5) is 3.97. The maximum absolute atomic E-state index is 12.5. The van der Waals surface area contributed by atoms with E-state index in [1.165, 1.54) is 10.6 Å². The van der Waals surface area contributed by atoms with Crippen LogP contribution in [0.3, 0.4) is 0 Å². The number of likely N-dealkylation sites (N-methyl/N-ethyl adjacent to an activating group) is 1. The molecule has 1 rings (SSSR count). The van der Waals surface area contributed by atoms with Crippen molar-refractivity contribution >= 4 is 10.0 Å². The maximum Gasteiger partial charge on any atom is 0.262 e. The predicted molar refractivity (Wildman–Crippen MR) is 70.6 cm³/mol. The van der Waals surface area contributed by atoms with Gasteiger partial charge in [0.15, 0.2) is 5.03 Å². The Kier molecular flexibility index (Phi) is 4.52. The summed E-state index contributed by atoms with van der Waals surface area (Å²) >= 11 is 0. The average molecular weight is 274 g/mol. The van der Waals surface area contributed by atoms with E-state index >= 15 is 0 Å². The third kappa shape index (κ3) is 2.73. The zero-order valence-electron chi connectivity index (χ0n) is 11.4. The molecule has 0 aliphatic carbocycles. The van der Waals surface area contributed by atoms with Crippen LogP contribution in [-0.4, -0.2) is 40.9 Å². The van der Waals surface area contributed by atoms with Crippen LogP contribution in [-0.2, 0) is 16.6 Å². The standard InChI is InChI=1S/C11H22N4O2S/c1-5-14-7-10(13-9-14)18(16,17)15(6-2)11(3,4)8-12/h7,9H,5-6,8,12H2,1-4H3. The number of imidazole rings is 1. The normalized spacial score (nSPS) is 13.2. The van der Waals surface area contributed by atoms with E-state index in [9.17, 15) is 8.42 Å². The second kappa shape index (κ2) is 5.38. The highest BCUT2D eigenvalue weighted by Gasteiger charge is 2.36. The molecule has 0 aliphatic heterocycles. The molecule has 0 saturated carbocycles. The fourth-order valence-corrected chi connectivity index (χ4v) is 3.52. The number of aryl methyl sites for hydroxylation is 1. The van der Waals surface area contributed by atoms with Crippen LogP contribution in [0.15, 0.2) is 17.6 Å². The first-order chi connectivity index (χ1) is 8.29. The summed E-state index contributed by atoms with van der Waals surface area (Å²) in [6.45, 7) is 8.66. The van der Waals surface area contributed by atoms with E-state index in [0.29, 0.717) is 13.1 Å². The molecule has 1 aromatic heterocycles. The van der Waals surface area contributed by atoms with Gasteiger partial charge < -0.3 is 10.3 Å². The van der Waals surface area contributed by atoms with E-state index in [4.69, 9.17) is 5.73 Å². The van der Waals surface area contributed by atoms with E-state index in [0.717, 1.165) is 0 Å². The first kappa shape index (κ1) is 15.1. The molecule has 1 aromatic rings. The van der Waals surface area contributed by atoms with Gasteiger partial charge in [-0.3, -0.25) is 0 Å². The van der Waals surface area contributed by atoms with Crippen LogP contribution in [0.25, 0.3) is 0 Å². The zero-order chi connectivity index (χ0) is 14.0. The zero-order valence-corrected chi connectivity index (χ0v) is 12.2. The number of hydrogen-bond donors (Lipinski definition) is 1. The highest BCUT2D eigenvalue weighted by atomic mass is 32.2. The van der Waals surface area contributed by atoms with Crippen molar-refractivity contribution in [1.29, 1.82) is 0 Å². The Hall–Kier alpha value is -0.920. The minimum atomic E-state index is -3.59. The molecule has 1 heterocycles. The fraction of sp³-hybridized carbons (Fsp3) is 0.727. The average Bonchev–Trinajstić information content (AvgIpc) is 2.78. The summed E-state index contributed by atoms with van der Waals surface area (Å²) in [6.07, 6.45) is 3.07. The summed E-state index contributed by atoms with van der Waals surface area (Å²) in [5.74, 6) is 0. The van der Waals surface area contributed by atoms with E-state index in [-0.39, 0.29) is 11.6 Å². The number of nitrogens with two attached hydrogens (primary N) is 1. The summed E-state index contributed by atoms with van der Waals surface area (Å²) in [6, 6.07) is 0. The number of nitrogens with zero attached hydrogens (tertiary/aromatic N) is 3. The lowest BCUT2D eigenvalue weighted by atomic mass is 10.1. The largest absolute Gasteiger partial charge is 0.336 e. The van der Waals surface area contributed by atoms with Crippen molar-refractivity contribution in [1.82, 2.24) is 13.9 Å². The SMILES string of the molecule is CCN(C(C)(C)CN)S(=O)(=O)c1cn(CC)cn1. The Morgan fingerprint density at radius 1 is 1.44 bits per heavy atom. The minimum Gasteiger partial charge on any atom is -0.336 e. The molecule has 6 nitrogen and oxygen atoms in total. The van der Waals surface area contributed by atoms with Crippen LogP contribution in [0.4, 0.5) is 0 Å². The van der Waals surface area contributed by atoms with Gasteiger partial charge in [-0.25, -0.2) is 13.4 Å². The van der Waals surface area contributed by atoms with E-state index in [1.807, 2.05) is 20.8 Å². The summed E-state index contributed by atoms with van der Waals surface area (Å²) in [5, 5.41) is 0.0766. The van der Waals surface area contributed by atoms with Crippen molar-refractivity contribution in [3.8, 4) is 0 Å². The predicted octanol–water partition coefficient (Wildman–Crippen LogP) is 0.651. The molecule has 18 heavy (non-hydrogen) atoms. The Balaban J connectivity index is 3.19. The smallest absolute Gasteiger partial charge is 0.262 e. The van der Waals surface area contributed by atoms with Gasteiger partial charge in [0, 0.05) is 31.4 Å². The Morgan fingerprint density at radius 3 is 2.44 bits per heavy atom. The first-order valence-corrected chi connectivity index (χ1v) is 7.48. The molecule has 0 unspecified atom stereocenters. The number of rotatable bonds is 6. The lowest BCUT2D eigenvalue weighted by Gasteiger charge is -2.35. The van der Waals surface area contributed by atoms with Crippen LogP contribution in [0, 0.1) is 0 Å². The highest BCUT2D eigenvalue weighted by Crippen LogP contribution is 2.22. The summed E-state index contributed by atoms with van der Waals surface area (Å²) in [7, 11) is -3.59. The molecule has 2 N–H and O–H groups in total. The van der Waals surface area contributed by atoms with Crippen molar-refractivity contribution < 1.29 is 8.42 Å².